The Morgan fingerprint density at radius 2 is 1.86 bits per heavy atom. The third-order valence-electron chi connectivity index (χ3n) is 8.15. The van der Waals surface area contributed by atoms with E-state index < -0.39 is 0 Å². The molecule has 2 aliphatic rings. The lowest BCUT2D eigenvalue weighted by atomic mass is 10.00. The summed E-state index contributed by atoms with van der Waals surface area (Å²) in [6, 6.07) is 12.8. The smallest absolute Gasteiger partial charge is 0.274 e. The van der Waals surface area contributed by atoms with E-state index in [-0.39, 0.29) is 29.8 Å². The number of pyridine rings is 2. The second-order valence-electron chi connectivity index (χ2n) is 11.2. The summed E-state index contributed by atoms with van der Waals surface area (Å²) < 4.78 is 1.50. The largest absolute Gasteiger partial charge is 0.353 e. The zero-order valence-corrected chi connectivity index (χ0v) is 25.6. The van der Waals surface area contributed by atoms with Crippen LogP contribution in [0.2, 0.25) is 0 Å². The Morgan fingerprint density at radius 3 is 2.66 bits per heavy atom. The van der Waals surface area contributed by atoms with Gasteiger partial charge in [-0.05, 0) is 79.6 Å². The lowest BCUT2D eigenvalue weighted by Gasteiger charge is -2.26. The van der Waals surface area contributed by atoms with Crippen LogP contribution in [-0.4, -0.2) is 51.8 Å². The van der Waals surface area contributed by atoms with Gasteiger partial charge in [-0.2, -0.15) is 0 Å². The summed E-state index contributed by atoms with van der Waals surface area (Å²) >= 11 is 1.60. The van der Waals surface area contributed by atoms with E-state index in [1.165, 1.54) is 45.4 Å². The number of piperazine rings is 1. The fourth-order valence-electron chi connectivity index (χ4n) is 5.72. The predicted molar refractivity (Wildman–Crippen MR) is 172 cm³/mol. The molecule has 0 unspecified atom stereocenters. The molecule has 3 aromatic heterocycles. The predicted octanol–water partition coefficient (Wildman–Crippen LogP) is 4.65. The van der Waals surface area contributed by atoms with Gasteiger partial charge in [0.15, 0.2) is 0 Å². The highest BCUT2D eigenvalue weighted by molar-refractivity contribution is 7.14. The van der Waals surface area contributed by atoms with Crippen molar-refractivity contribution in [3.05, 3.63) is 91.7 Å². The van der Waals surface area contributed by atoms with Gasteiger partial charge in [0.1, 0.15) is 11.5 Å². The maximum absolute atomic E-state index is 13.2. The molecule has 0 atom stereocenters. The highest BCUT2D eigenvalue weighted by atomic mass is 32.1. The monoisotopic (exact) mass is 610 g/mol. The van der Waals surface area contributed by atoms with Crippen molar-refractivity contribution in [2.24, 2.45) is 7.05 Å². The topological polar surface area (TPSA) is 125 Å². The molecule has 10 nitrogen and oxygen atoms in total. The number of fused-ring (bicyclic) bond motifs is 1. The number of nitrogens with zero attached hydrogens (tertiary/aromatic N) is 3. The van der Waals surface area contributed by atoms with Gasteiger partial charge in [-0.15, -0.1) is 11.3 Å². The van der Waals surface area contributed by atoms with E-state index in [0.29, 0.717) is 35.8 Å². The summed E-state index contributed by atoms with van der Waals surface area (Å²) in [5.74, 6) is -0.165. The molecule has 44 heavy (non-hydrogen) atoms. The molecule has 0 bridgehead atoms. The van der Waals surface area contributed by atoms with Crippen molar-refractivity contribution in [2.75, 3.05) is 30.3 Å². The number of hydrogen-bond donors (Lipinski definition) is 3. The number of nitrogens with one attached hydrogen (secondary N) is 3. The van der Waals surface area contributed by atoms with Gasteiger partial charge in [-0.1, -0.05) is 18.6 Å². The van der Waals surface area contributed by atoms with E-state index in [2.05, 4.69) is 20.9 Å². The van der Waals surface area contributed by atoms with Gasteiger partial charge in [0.25, 0.3) is 17.4 Å². The normalized spacial score (nSPS) is 14.8. The number of carbonyl (C=O) groups excluding carboxylic acids is 3. The van der Waals surface area contributed by atoms with E-state index in [1.54, 1.807) is 42.8 Å². The zero-order chi connectivity index (χ0) is 30.8. The number of carbonyl (C=O) groups is 3. The van der Waals surface area contributed by atoms with Gasteiger partial charge < -0.3 is 25.4 Å². The highest BCUT2D eigenvalue weighted by Gasteiger charge is 2.23. The molecule has 226 valence electrons. The van der Waals surface area contributed by atoms with Gasteiger partial charge in [0.05, 0.1) is 17.0 Å². The number of amides is 3. The van der Waals surface area contributed by atoms with Gasteiger partial charge in [0.2, 0.25) is 5.91 Å². The van der Waals surface area contributed by atoms with Crippen LogP contribution in [0.25, 0.3) is 11.1 Å². The molecule has 4 heterocycles. The van der Waals surface area contributed by atoms with Gasteiger partial charge in [0, 0.05) is 48.7 Å². The summed E-state index contributed by atoms with van der Waals surface area (Å²) in [4.78, 5) is 58.6. The summed E-state index contributed by atoms with van der Waals surface area (Å²) in [6.07, 6.45) is 8.86. The molecule has 6 rings (SSSR count). The second-order valence-corrected chi connectivity index (χ2v) is 12.4. The molecule has 11 heteroatoms. The SMILES string of the molecule is Cc1c(NC(=O)c2cc3c(s2)CCCCC3)cccc1-c1cc(Nc2ccc(C(=O)N3CCNC(=O)C3)cn2)c(=O)n(C)c1. The molecule has 1 fully saturated rings. The van der Waals surface area contributed by atoms with Crippen LogP contribution >= 0.6 is 11.3 Å². The minimum absolute atomic E-state index is 0.0157. The van der Waals surface area contributed by atoms with Crippen molar-refractivity contribution in [1.29, 1.82) is 0 Å². The fraction of sp³-hybridized carbons (Fsp3) is 0.303. The Balaban J connectivity index is 1.21. The Morgan fingerprint density at radius 1 is 1.02 bits per heavy atom. The van der Waals surface area contributed by atoms with Crippen molar-refractivity contribution < 1.29 is 14.4 Å². The van der Waals surface area contributed by atoms with Crippen molar-refractivity contribution in [1.82, 2.24) is 19.8 Å². The maximum atomic E-state index is 13.2. The number of anilines is 3. The van der Waals surface area contributed by atoms with Crippen molar-refractivity contribution in [3.8, 4) is 11.1 Å². The first kappa shape index (κ1) is 29.3. The average molecular weight is 611 g/mol. The minimum Gasteiger partial charge on any atom is -0.353 e. The molecular formula is C33H34N6O4S. The molecule has 3 N–H and O–H groups in total. The van der Waals surface area contributed by atoms with Crippen LogP contribution in [0, 0.1) is 6.92 Å². The number of benzene rings is 1. The van der Waals surface area contributed by atoms with Gasteiger partial charge in [-0.3, -0.25) is 19.2 Å². The van der Waals surface area contributed by atoms with E-state index in [9.17, 15) is 19.2 Å². The molecule has 4 aromatic rings. The molecule has 0 spiro atoms. The highest BCUT2D eigenvalue weighted by Crippen LogP contribution is 2.32. The van der Waals surface area contributed by atoms with Crippen LogP contribution in [-0.2, 0) is 24.7 Å². The van der Waals surface area contributed by atoms with E-state index in [0.717, 1.165) is 34.4 Å². The van der Waals surface area contributed by atoms with Crippen LogP contribution in [0.4, 0.5) is 17.2 Å². The summed E-state index contributed by atoms with van der Waals surface area (Å²) in [5.41, 5.74) is 5.01. The third-order valence-corrected chi connectivity index (χ3v) is 9.38. The van der Waals surface area contributed by atoms with Crippen LogP contribution < -0.4 is 21.5 Å². The van der Waals surface area contributed by atoms with Crippen LogP contribution in [0.5, 0.6) is 0 Å². The number of rotatable bonds is 6. The number of thiophene rings is 1. The third kappa shape index (κ3) is 6.14. The first-order chi connectivity index (χ1) is 21.3. The zero-order valence-electron chi connectivity index (χ0n) is 24.7. The lowest BCUT2D eigenvalue weighted by molar-refractivity contribution is -0.123. The number of aromatic nitrogens is 2. The molecule has 0 saturated carbocycles. The molecule has 1 aromatic carbocycles. The Bertz CT molecular complexity index is 1790. The first-order valence-corrected chi connectivity index (χ1v) is 15.6. The number of aryl methyl sites for hydroxylation is 3. The Labute approximate surface area is 259 Å². The molecular weight excluding hydrogens is 576 g/mol. The standard InChI is InChI=1S/C33H34N6O4S/c1-20-24(8-6-9-25(20)37-31(41)28-16-21-7-4-3-5-10-27(21)44-28)23-15-26(33(43)38(2)18-23)36-29-12-11-22(17-35-29)32(42)39-14-13-34-30(40)19-39/h6,8-9,11-12,15-18H,3-5,7,10,13-14,19H2,1-2H3,(H,34,40)(H,35,36)(H,37,41). The summed E-state index contributed by atoms with van der Waals surface area (Å²) in [6.45, 7) is 2.83. The molecule has 1 saturated heterocycles. The summed E-state index contributed by atoms with van der Waals surface area (Å²) in [5, 5.41) is 8.90. The van der Waals surface area contributed by atoms with Crippen molar-refractivity contribution in [2.45, 2.75) is 39.0 Å². The van der Waals surface area contributed by atoms with Crippen molar-refractivity contribution >= 4 is 46.3 Å². The van der Waals surface area contributed by atoms with Crippen LogP contribution in [0.3, 0.4) is 0 Å². The molecule has 1 aliphatic carbocycles. The van der Waals surface area contributed by atoms with E-state index in [1.807, 2.05) is 31.2 Å². The minimum atomic E-state index is -0.270. The Hall–Kier alpha value is -4.77. The van der Waals surface area contributed by atoms with Gasteiger partial charge >= 0.3 is 0 Å². The molecule has 3 amide bonds. The Kier molecular flexibility index (Phi) is 8.30. The first-order valence-electron chi connectivity index (χ1n) is 14.8. The summed E-state index contributed by atoms with van der Waals surface area (Å²) in [7, 11) is 1.68. The molecule has 1 aliphatic heterocycles. The second kappa shape index (κ2) is 12.5. The van der Waals surface area contributed by atoms with E-state index >= 15 is 0 Å². The van der Waals surface area contributed by atoms with Crippen LogP contribution in [0.1, 0.15) is 55.3 Å². The van der Waals surface area contributed by atoms with Crippen molar-refractivity contribution in [3.63, 3.8) is 0 Å². The maximum Gasteiger partial charge on any atom is 0.274 e. The van der Waals surface area contributed by atoms with Gasteiger partial charge in [-0.25, -0.2) is 4.98 Å². The van der Waals surface area contributed by atoms with E-state index in [4.69, 9.17) is 0 Å². The lowest BCUT2D eigenvalue weighted by Crippen LogP contribution is -2.49. The molecule has 0 radical (unpaired) electrons. The fourth-order valence-corrected chi connectivity index (χ4v) is 6.87. The quantitative estimate of drug-likeness (QED) is 0.273. The van der Waals surface area contributed by atoms with Crippen LogP contribution in [0.15, 0.2) is 59.7 Å². The number of hydrogen-bond acceptors (Lipinski definition) is 7. The average Bonchev–Trinajstić information content (AvgIpc) is 3.30.